The van der Waals surface area contributed by atoms with E-state index < -0.39 is 0 Å². The monoisotopic (exact) mass is 339 g/mol. The number of phenolic OH excluding ortho intramolecular Hbond substituents is 1. The Labute approximate surface area is 124 Å². The minimum absolute atomic E-state index is 0.0573. The molecule has 0 radical (unpaired) electrons. The van der Waals surface area contributed by atoms with Crippen LogP contribution in [0.15, 0.2) is 46.9 Å². The molecule has 0 aliphatic rings. The fourth-order valence-corrected chi connectivity index (χ4v) is 2.10. The van der Waals surface area contributed by atoms with Crippen LogP contribution in [0.1, 0.15) is 15.9 Å². The van der Waals surface area contributed by atoms with Crippen molar-refractivity contribution >= 4 is 39.1 Å². The summed E-state index contributed by atoms with van der Waals surface area (Å²) in [6.45, 7) is 0. The Morgan fingerprint density at radius 3 is 2.53 bits per heavy atom. The van der Waals surface area contributed by atoms with Crippen LogP contribution < -0.4 is 5.32 Å². The molecule has 0 aromatic heterocycles. The van der Waals surface area contributed by atoms with Gasteiger partial charge in [-0.15, -0.1) is 11.6 Å². The molecule has 98 valence electrons. The predicted molar refractivity (Wildman–Crippen MR) is 79.8 cm³/mol. The fourth-order valence-electron chi connectivity index (χ4n) is 1.57. The lowest BCUT2D eigenvalue weighted by Crippen LogP contribution is -2.12. The molecule has 0 bridgehead atoms. The Bertz CT molecular complexity index is 599. The molecule has 2 rings (SSSR count). The molecule has 0 heterocycles. The van der Waals surface area contributed by atoms with Gasteiger partial charge in [-0.25, -0.2) is 0 Å². The summed E-state index contributed by atoms with van der Waals surface area (Å²) in [6.07, 6.45) is 0. The largest absolute Gasteiger partial charge is 0.507 e. The van der Waals surface area contributed by atoms with Crippen molar-refractivity contribution in [1.82, 2.24) is 0 Å². The van der Waals surface area contributed by atoms with Gasteiger partial charge in [0.15, 0.2) is 0 Å². The number of alkyl halides is 1. The first-order valence-corrected chi connectivity index (χ1v) is 6.87. The number of halogens is 2. The van der Waals surface area contributed by atoms with Gasteiger partial charge in [0.2, 0.25) is 0 Å². The zero-order chi connectivity index (χ0) is 13.8. The number of carbonyl (C=O) groups is 1. The molecule has 5 heteroatoms. The molecular weight excluding hydrogens is 330 g/mol. The van der Waals surface area contributed by atoms with Gasteiger partial charge >= 0.3 is 0 Å². The van der Waals surface area contributed by atoms with Crippen LogP contribution in [0.2, 0.25) is 0 Å². The van der Waals surface area contributed by atoms with Crippen LogP contribution >= 0.6 is 27.5 Å². The highest BCUT2D eigenvalue weighted by Crippen LogP contribution is 2.23. The van der Waals surface area contributed by atoms with Gasteiger partial charge in [-0.1, -0.05) is 28.1 Å². The normalized spacial score (nSPS) is 10.2. The number of carbonyl (C=O) groups excluding carboxylic acids is 1. The molecule has 2 aromatic rings. The van der Waals surface area contributed by atoms with Crippen LogP contribution in [-0.4, -0.2) is 11.0 Å². The maximum absolute atomic E-state index is 12.0. The number of anilines is 1. The summed E-state index contributed by atoms with van der Waals surface area (Å²) in [6, 6.07) is 11.9. The number of aromatic hydroxyl groups is 1. The molecule has 0 saturated heterocycles. The van der Waals surface area contributed by atoms with Crippen molar-refractivity contribution in [3.63, 3.8) is 0 Å². The van der Waals surface area contributed by atoms with Gasteiger partial charge in [0, 0.05) is 16.0 Å². The number of rotatable bonds is 3. The second-order valence-corrected chi connectivity index (χ2v) is 5.13. The van der Waals surface area contributed by atoms with E-state index in [0.717, 1.165) is 10.0 Å². The molecule has 0 saturated carbocycles. The van der Waals surface area contributed by atoms with Crippen molar-refractivity contribution in [2.24, 2.45) is 0 Å². The minimum Gasteiger partial charge on any atom is -0.507 e. The quantitative estimate of drug-likeness (QED) is 0.825. The third-order valence-corrected chi connectivity index (χ3v) is 3.37. The number of nitrogens with one attached hydrogen (secondary N) is 1. The smallest absolute Gasteiger partial charge is 0.259 e. The average molecular weight is 341 g/mol. The third kappa shape index (κ3) is 3.49. The average Bonchev–Trinajstić information content (AvgIpc) is 2.42. The van der Waals surface area contributed by atoms with Gasteiger partial charge in [-0.05, 0) is 35.9 Å². The van der Waals surface area contributed by atoms with E-state index in [1.807, 2.05) is 12.1 Å². The van der Waals surface area contributed by atoms with Crippen LogP contribution in [0.25, 0.3) is 0 Å². The Balaban J connectivity index is 2.18. The van der Waals surface area contributed by atoms with Crippen molar-refractivity contribution in [1.29, 1.82) is 0 Å². The first-order chi connectivity index (χ1) is 9.10. The third-order valence-electron chi connectivity index (χ3n) is 2.57. The molecule has 2 N–H and O–H groups in total. The van der Waals surface area contributed by atoms with Gasteiger partial charge in [-0.3, -0.25) is 4.79 Å². The number of hydrogen-bond acceptors (Lipinski definition) is 2. The number of benzene rings is 2. The summed E-state index contributed by atoms with van der Waals surface area (Å²) in [4.78, 5) is 12.0. The predicted octanol–water partition coefficient (Wildman–Crippen LogP) is 4.15. The molecule has 0 aliphatic heterocycles. The molecule has 0 unspecified atom stereocenters. The molecular formula is C14H11BrClNO2. The number of amides is 1. The van der Waals surface area contributed by atoms with Crippen LogP contribution in [0.3, 0.4) is 0 Å². The zero-order valence-electron chi connectivity index (χ0n) is 9.86. The van der Waals surface area contributed by atoms with E-state index in [4.69, 9.17) is 11.6 Å². The van der Waals surface area contributed by atoms with Crippen molar-refractivity contribution in [3.8, 4) is 5.75 Å². The van der Waals surface area contributed by atoms with Gasteiger partial charge in [0.1, 0.15) is 5.75 Å². The van der Waals surface area contributed by atoms with Gasteiger partial charge in [-0.2, -0.15) is 0 Å². The Hall–Kier alpha value is -1.52. The van der Waals surface area contributed by atoms with E-state index in [9.17, 15) is 9.90 Å². The fraction of sp³-hybridized carbons (Fsp3) is 0.0714. The minimum atomic E-state index is -0.363. The van der Waals surface area contributed by atoms with Crippen LogP contribution in [0, 0.1) is 0 Å². The van der Waals surface area contributed by atoms with E-state index >= 15 is 0 Å². The maximum atomic E-state index is 12.0. The molecule has 2 aromatic carbocycles. The van der Waals surface area contributed by atoms with E-state index in [-0.39, 0.29) is 17.2 Å². The number of hydrogen-bond donors (Lipinski definition) is 2. The highest BCUT2D eigenvalue weighted by atomic mass is 79.9. The lowest BCUT2D eigenvalue weighted by Gasteiger charge is -2.07. The summed E-state index contributed by atoms with van der Waals surface area (Å²) in [7, 11) is 0. The zero-order valence-corrected chi connectivity index (χ0v) is 12.2. The Morgan fingerprint density at radius 1 is 1.21 bits per heavy atom. The topological polar surface area (TPSA) is 49.3 Å². The highest BCUT2D eigenvalue weighted by molar-refractivity contribution is 9.10. The first kappa shape index (κ1) is 13.9. The van der Waals surface area contributed by atoms with Crippen molar-refractivity contribution < 1.29 is 9.90 Å². The van der Waals surface area contributed by atoms with Crippen molar-refractivity contribution in [2.75, 3.05) is 5.32 Å². The summed E-state index contributed by atoms with van der Waals surface area (Å²) >= 11 is 8.96. The van der Waals surface area contributed by atoms with Gasteiger partial charge < -0.3 is 10.4 Å². The van der Waals surface area contributed by atoms with E-state index in [1.165, 1.54) is 6.07 Å². The van der Waals surface area contributed by atoms with Crippen LogP contribution in [0.5, 0.6) is 5.75 Å². The second-order valence-electron chi connectivity index (χ2n) is 3.95. The summed E-state index contributed by atoms with van der Waals surface area (Å²) < 4.78 is 0.730. The molecule has 0 fully saturated rings. The van der Waals surface area contributed by atoms with Crippen LogP contribution in [-0.2, 0) is 5.88 Å². The maximum Gasteiger partial charge on any atom is 0.259 e. The molecule has 0 atom stereocenters. The molecule has 0 aliphatic carbocycles. The Morgan fingerprint density at radius 2 is 1.89 bits per heavy atom. The van der Waals surface area contributed by atoms with Gasteiger partial charge in [0.05, 0.1) is 5.56 Å². The van der Waals surface area contributed by atoms with Crippen molar-refractivity contribution in [2.45, 2.75) is 5.88 Å². The molecule has 1 amide bonds. The highest BCUT2D eigenvalue weighted by Gasteiger charge is 2.11. The number of phenols is 1. The first-order valence-electron chi connectivity index (χ1n) is 5.55. The lowest BCUT2D eigenvalue weighted by atomic mass is 10.1. The summed E-state index contributed by atoms with van der Waals surface area (Å²) in [5.74, 6) is 0.0104. The Kier molecular flexibility index (Phi) is 4.45. The lowest BCUT2D eigenvalue weighted by molar-refractivity contribution is 0.102. The van der Waals surface area contributed by atoms with Crippen molar-refractivity contribution in [3.05, 3.63) is 58.1 Å². The standard InChI is InChI=1S/C14H11BrClNO2/c15-10-3-6-13(18)12(7-10)14(19)17-11-4-1-9(8-16)2-5-11/h1-7,18H,8H2,(H,17,19). The van der Waals surface area contributed by atoms with Crippen LogP contribution in [0.4, 0.5) is 5.69 Å². The summed E-state index contributed by atoms with van der Waals surface area (Å²) in [5.41, 5.74) is 1.85. The molecule has 0 spiro atoms. The van der Waals surface area contributed by atoms with Gasteiger partial charge in [0.25, 0.3) is 5.91 Å². The SMILES string of the molecule is O=C(Nc1ccc(CCl)cc1)c1cc(Br)ccc1O. The van der Waals surface area contributed by atoms with E-state index in [2.05, 4.69) is 21.2 Å². The summed E-state index contributed by atoms with van der Waals surface area (Å²) in [5, 5.41) is 12.4. The van der Waals surface area contributed by atoms with E-state index in [1.54, 1.807) is 24.3 Å². The second kappa shape index (κ2) is 6.08. The van der Waals surface area contributed by atoms with E-state index in [0.29, 0.717) is 11.6 Å². The molecule has 3 nitrogen and oxygen atoms in total. The molecule has 19 heavy (non-hydrogen) atoms.